The minimum absolute atomic E-state index is 0.0561. The van der Waals surface area contributed by atoms with Crippen molar-refractivity contribution in [2.24, 2.45) is 0 Å². The smallest absolute Gasteiger partial charge is 0.215 e. The molecule has 0 saturated heterocycles. The van der Waals surface area contributed by atoms with Gasteiger partial charge in [-0.25, -0.2) is 0 Å². The van der Waals surface area contributed by atoms with Gasteiger partial charge in [0.05, 0.1) is 0 Å². The normalized spacial score (nSPS) is 9.23. The Morgan fingerprint density at radius 3 is 2.46 bits per heavy atom. The van der Waals surface area contributed by atoms with Crippen LogP contribution in [0.25, 0.3) is 0 Å². The Hall–Kier alpha value is -1.58. The number of rotatable bonds is 3. The standard InChI is InChI=1S/C9H10BNO2/c10-9(13)11-5-7-1-3-8(6-12)4-2-7/h1-4,6H,5,10H2,(H,11,13). The largest absolute Gasteiger partial charge is 0.361 e. The third-order valence-electron chi connectivity index (χ3n) is 1.66. The topological polar surface area (TPSA) is 46.2 Å². The van der Waals surface area contributed by atoms with Crippen LogP contribution in [0, 0.1) is 0 Å². The van der Waals surface area contributed by atoms with E-state index in [1.54, 1.807) is 12.1 Å². The van der Waals surface area contributed by atoms with Crippen LogP contribution in [0.1, 0.15) is 15.9 Å². The summed E-state index contributed by atoms with van der Waals surface area (Å²) >= 11 is 0. The highest BCUT2D eigenvalue weighted by atomic mass is 16.1. The lowest BCUT2D eigenvalue weighted by atomic mass is 10.1. The maximum Gasteiger partial charge on any atom is 0.215 e. The van der Waals surface area contributed by atoms with E-state index in [-0.39, 0.29) is 5.81 Å². The van der Waals surface area contributed by atoms with E-state index < -0.39 is 0 Å². The van der Waals surface area contributed by atoms with Crippen molar-refractivity contribution in [2.45, 2.75) is 6.54 Å². The van der Waals surface area contributed by atoms with Gasteiger partial charge >= 0.3 is 0 Å². The molecule has 0 atom stereocenters. The third-order valence-corrected chi connectivity index (χ3v) is 1.66. The average molecular weight is 175 g/mol. The lowest BCUT2D eigenvalue weighted by molar-refractivity contribution is 0.112. The van der Waals surface area contributed by atoms with Crippen LogP contribution in [0.4, 0.5) is 4.79 Å². The molecule has 66 valence electrons. The monoisotopic (exact) mass is 175 g/mol. The summed E-state index contributed by atoms with van der Waals surface area (Å²) in [5, 5.41) is 2.67. The summed E-state index contributed by atoms with van der Waals surface area (Å²) in [4.78, 5) is 20.9. The van der Waals surface area contributed by atoms with Gasteiger partial charge in [-0.05, 0) is 5.56 Å². The van der Waals surface area contributed by atoms with Gasteiger partial charge in [0.2, 0.25) is 7.85 Å². The second kappa shape index (κ2) is 4.45. The van der Waals surface area contributed by atoms with Crippen LogP contribution in [0.5, 0.6) is 0 Å². The molecule has 0 heterocycles. The van der Waals surface area contributed by atoms with Crippen LogP contribution >= 0.6 is 0 Å². The number of benzene rings is 1. The molecule has 0 spiro atoms. The fraction of sp³-hybridized carbons (Fsp3) is 0.111. The zero-order valence-corrected chi connectivity index (χ0v) is 7.41. The van der Waals surface area contributed by atoms with E-state index in [9.17, 15) is 9.59 Å². The highest BCUT2D eigenvalue weighted by Crippen LogP contribution is 2.01. The molecule has 0 aliphatic carbocycles. The average Bonchev–Trinajstić information content (AvgIpc) is 2.15. The molecule has 1 rings (SSSR count). The number of hydrogen-bond donors (Lipinski definition) is 1. The van der Waals surface area contributed by atoms with Gasteiger partial charge in [0.25, 0.3) is 0 Å². The van der Waals surface area contributed by atoms with Gasteiger partial charge in [0.1, 0.15) is 6.29 Å². The number of carbonyl (C=O) groups is 2. The molecule has 0 fully saturated rings. The lowest BCUT2D eigenvalue weighted by Crippen LogP contribution is -2.20. The van der Waals surface area contributed by atoms with Crippen molar-refractivity contribution in [3.63, 3.8) is 0 Å². The molecule has 0 unspecified atom stereocenters. The number of hydrogen-bond acceptors (Lipinski definition) is 2. The number of aldehydes is 1. The quantitative estimate of drug-likeness (QED) is 0.531. The highest BCUT2D eigenvalue weighted by molar-refractivity contribution is 6.57. The first-order chi connectivity index (χ1) is 6.22. The molecule has 0 aliphatic rings. The van der Waals surface area contributed by atoms with E-state index in [0.717, 1.165) is 11.8 Å². The van der Waals surface area contributed by atoms with E-state index in [1.165, 1.54) is 7.85 Å². The van der Waals surface area contributed by atoms with Crippen molar-refractivity contribution < 1.29 is 9.59 Å². The van der Waals surface area contributed by atoms with E-state index in [0.29, 0.717) is 12.1 Å². The van der Waals surface area contributed by atoms with E-state index >= 15 is 0 Å². The fourth-order valence-corrected chi connectivity index (χ4v) is 0.941. The van der Waals surface area contributed by atoms with Crippen molar-refractivity contribution in [1.29, 1.82) is 0 Å². The predicted molar refractivity (Wildman–Crippen MR) is 52.6 cm³/mol. The van der Waals surface area contributed by atoms with Gasteiger partial charge < -0.3 is 5.32 Å². The predicted octanol–water partition coefficient (Wildman–Crippen LogP) is 0.342. The van der Waals surface area contributed by atoms with Crippen LogP contribution in [-0.4, -0.2) is 19.9 Å². The summed E-state index contributed by atoms with van der Waals surface area (Å²) in [6.45, 7) is 0.508. The minimum atomic E-state index is -0.0561. The Balaban J connectivity index is 2.59. The fourth-order valence-electron chi connectivity index (χ4n) is 0.941. The van der Waals surface area contributed by atoms with Crippen molar-refractivity contribution >= 4 is 19.9 Å². The van der Waals surface area contributed by atoms with Gasteiger partial charge in [-0.3, -0.25) is 9.59 Å². The summed E-state index contributed by atoms with van der Waals surface area (Å²) in [6, 6.07) is 7.09. The molecular formula is C9H10BNO2. The number of carbonyl (C=O) groups excluding carboxylic acids is 2. The first-order valence-electron chi connectivity index (χ1n) is 4.01. The molecule has 4 heteroatoms. The number of nitrogens with one attached hydrogen (secondary N) is 1. The molecule has 0 bridgehead atoms. The van der Waals surface area contributed by atoms with Crippen LogP contribution in [-0.2, 0) is 6.54 Å². The third kappa shape index (κ3) is 3.11. The van der Waals surface area contributed by atoms with E-state index in [2.05, 4.69) is 5.32 Å². The molecule has 0 radical (unpaired) electrons. The Morgan fingerprint density at radius 1 is 1.38 bits per heavy atom. The van der Waals surface area contributed by atoms with E-state index in [1.807, 2.05) is 12.1 Å². The second-order valence-electron chi connectivity index (χ2n) is 2.77. The molecule has 1 aromatic rings. The summed E-state index contributed by atoms with van der Waals surface area (Å²) in [6.07, 6.45) is 0.794. The van der Waals surface area contributed by atoms with Gasteiger partial charge in [0.15, 0.2) is 5.81 Å². The molecule has 0 aliphatic heterocycles. The van der Waals surface area contributed by atoms with Gasteiger partial charge in [0, 0.05) is 12.1 Å². The van der Waals surface area contributed by atoms with Crippen molar-refractivity contribution in [3.05, 3.63) is 35.4 Å². The summed E-state index contributed by atoms with van der Waals surface area (Å²) in [7, 11) is 1.47. The molecule has 1 N–H and O–H groups in total. The molecule has 3 nitrogen and oxygen atoms in total. The van der Waals surface area contributed by atoms with Gasteiger partial charge in [-0.1, -0.05) is 24.3 Å². The maximum absolute atomic E-state index is 10.6. The Bertz CT molecular complexity index is 308. The Kier molecular flexibility index (Phi) is 3.26. The SMILES string of the molecule is BC(=O)NCc1ccc(C=O)cc1. The van der Waals surface area contributed by atoms with Crippen molar-refractivity contribution in [2.75, 3.05) is 0 Å². The Morgan fingerprint density at radius 2 is 2.00 bits per heavy atom. The molecule has 0 aromatic heterocycles. The number of amides is 1. The maximum atomic E-state index is 10.6. The highest BCUT2D eigenvalue weighted by Gasteiger charge is 1.94. The first kappa shape index (κ1) is 9.51. The van der Waals surface area contributed by atoms with E-state index in [4.69, 9.17) is 0 Å². The van der Waals surface area contributed by atoms with Crippen LogP contribution < -0.4 is 5.32 Å². The molecule has 13 heavy (non-hydrogen) atoms. The summed E-state index contributed by atoms with van der Waals surface area (Å²) in [5.74, 6) is -0.0561. The van der Waals surface area contributed by atoms with Crippen molar-refractivity contribution in [3.8, 4) is 0 Å². The Labute approximate surface area is 77.6 Å². The van der Waals surface area contributed by atoms with Crippen LogP contribution in [0.2, 0.25) is 0 Å². The van der Waals surface area contributed by atoms with Crippen LogP contribution in [0.3, 0.4) is 0 Å². The van der Waals surface area contributed by atoms with Crippen molar-refractivity contribution in [1.82, 2.24) is 5.32 Å². The van der Waals surface area contributed by atoms with Gasteiger partial charge in [-0.2, -0.15) is 0 Å². The summed E-state index contributed by atoms with van der Waals surface area (Å²) in [5.41, 5.74) is 1.63. The lowest BCUT2D eigenvalue weighted by Gasteiger charge is -2.01. The molecular weight excluding hydrogens is 165 g/mol. The molecule has 1 aromatic carbocycles. The van der Waals surface area contributed by atoms with Gasteiger partial charge in [-0.15, -0.1) is 0 Å². The second-order valence-corrected chi connectivity index (χ2v) is 2.77. The molecule has 0 saturated carbocycles. The minimum Gasteiger partial charge on any atom is -0.361 e. The van der Waals surface area contributed by atoms with Crippen LogP contribution in [0.15, 0.2) is 24.3 Å². The molecule has 1 amide bonds. The first-order valence-corrected chi connectivity index (χ1v) is 4.01. The zero-order valence-electron chi connectivity index (χ0n) is 7.41. The zero-order chi connectivity index (χ0) is 9.68. The summed E-state index contributed by atoms with van der Waals surface area (Å²) < 4.78 is 0.